The number of fused-ring (bicyclic) bond motifs is 6. The van der Waals surface area contributed by atoms with E-state index in [4.69, 9.17) is 0 Å². The number of hydrogen-bond donors (Lipinski definition) is 0. The highest BCUT2D eigenvalue weighted by Gasteiger charge is 2.24. The van der Waals surface area contributed by atoms with E-state index in [1.165, 1.54) is 79.4 Å². The van der Waals surface area contributed by atoms with E-state index in [2.05, 4.69) is 193 Å². The molecule has 0 aliphatic heterocycles. The van der Waals surface area contributed by atoms with Crippen molar-refractivity contribution in [1.29, 1.82) is 0 Å². The quantitative estimate of drug-likeness (QED) is 0.168. The molecule has 0 bridgehead atoms. The molecule has 0 amide bonds. The fourth-order valence-corrected chi connectivity index (χ4v) is 9.83. The van der Waals surface area contributed by atoms with Crippen molar-refractivity contribution in [2.45, 2.75) is 0 Å². The van der Waals surface area contributed by atoms with E-state index in [0.717, 1.165) is 11.4 Å². The average Bonchev–Trinajstić information content (AvgIpc) is 3.77. The summed E-state index contributed by atoms with van der Waals surface area (Å²) in [5, 5.41) is 5.20. The third-order valence-corrected chi connectivity index (χ3v) is 12.2. The molecule has 51 heavy (non-hydrogen) atoms. The Bertz CT molecular complexity index is 2860. The van der Waals surface area contributed by atoms with Crippen molar-refractivity contribution in [3.8, 4) is 33.4 Å². The van der Waals surface area contributed by atoms with Gasteiger partial charge in [-0.15, -0.1) is 22.7 Å². The van der Waals surface area contributed by atoms with Gasteiger partial charge in [-0.05, 0) is 76.3 Å². The Morgan fingerprint density at radius 1 is 0.333 bits per heavy atom. The highest BCUT2D eigenvalue weighted by atomic mass is 32.1. The first-order valence-corrected chi connectivity index (χ1v) is 18.9. The predicted molar refractivity (Wildman–Crippen MR) is 223 cm³/mol. The molecule has 240 valence electrons. The Hall–Kier alpha value is -6.00. The largest absolute Gasteiger partial charge is 0.308 e. The summed E-state index contributed by atoms with van der Waals surface area (Å²) in [4.78, 5) is 2.49. The summed E-state index contributed by atoms with van der Waals surface area (Å²) in [7, 11) is 0. The van der Waals surface area contributed by atoms with Gasteiger partial charge in [0, 0.05) is 46.9 Å². The van der Waals surface area contributed by atoms with Gasteiger partial charge in [0.25, 0.3) is 0 Å². The molecule has 0 radical (unpaired) electrons. The van der Waals surface area contributed by atoms with Crippen LogP contribution >= 0.6 is 22.7 Å². The summed E-state index contributed by atoms with van der Waals surface area (Å²) in [6, 6.07) is 68.7. The average molecular weight is 686 g/mol. The second kappa shape index (κ2) is 12.4. The Kier molecular flexibility index (Phi) is 7.26. The molecule has 3 heteroatoms. The fourth-order valence-electron chi connectivity index (χ4n) is 7.54. The number of thiophene rings is 2. The van der Waals surface area contributed by atoms with E-state index in [0.29, 0.717) is 0 Å². The third kappa shape index (κ3) is 5.13. The molecule has 10 aromatic rings. The van der Waals surface area contributed by atoms with Crippen LogP contribution in [0.1, 0.15) is 0 Å². The van der Waals surface area contributed by atoms with Crippen molar-refractivity contribution in [2.24, 2.45) is 0 Å². The zero-order valence-electron chi connectivity index (χ0n) is 27.7. The van der Waals surface area contributed by atoms with Crippen LogP contribution in [0.4, 0.5) is 17.1 Å². The SMILES string of the molecule is c1ccc(-c2cccc(N(c3cccc(-c4ccc5sc6ccccc6c5c4)c3-c3ccccc3)c3cccc4c3sc3ccccc34)c2)cc1. The lowest BCUT2D eigenvalue weighted by atomic mass is 9.91. The summed E-state index contributed by atoms with van der Waals surface area (Å²) in [5.41, 5.74) is 10.6. The molecular formula is C48H31NS2. The number of hydrogen-bond acceptors (Lipinski definition) is 3. The Balaban J connectivity index is 1.28. The molecule has 0 aliphatic carbocycles. The van der Waals surface area contributed by atoms with Crippen molar-refractivity contribution in [3.05, 3.63) is 188 Å². The topological polar surface area (TPSA) is 3.24 Å². The summed E-state index contributed by atoms with van der Waals surface area (Å²) in [5.74, 6) is 0. The van der Waals surface area contributed by atoms with E-state index < -0.39 is 0 Å². The van der Waals surface area contributed by atoms with Gasteiger partial charge in [-0.1, -0.05) is 140 Å². The lowest BCUT2D eigenvalue weighted by molar-refractivity contribution is 1.30. The number of benzene rings is 8. The van der Waals surface area contributed by atoms with Crippen LogP contribution in [0.25, 0.3) is 73.7 Å². The van der Waals surface area contributed by atoms with Crippen LogP contribution in [0, 0.1) is 0 Å². The van der Waals surface area contributed by atoms with Gasteiger partial charge in [-0.3, -0.25) is 0 Å². The first-order valence-electron chi connectivity index (χ1n) is 17.3. The van der Waals surface area contributed by atoms with Gasteiger partial charge >= 0.3 is 0 Å². The normalized spacial score (nSPS) is 11.5. The summed E-state index contributed by atoms with van der Waals surface area (Å²) in [6.07, 6.45) is 0. The van der Waals surface area contributed by atoms with Crippen molar-refractivity contribution in [1.82, 2.24) is 0 Å². The van der Waals surface area contributed by atoms with Crippen LogP contribution in [0.3, 0.4) is 0 Å². The van der Waals surface area contributed by atoms with Gasteiger partial charge in [-0.2, -0.15) is 0 Å². The molecule has 2 aromatic heterocycles. The summed E-state index contributed by atoms with van der Waals surface area (Å²) >= 11 is 3.74. The lowest BCUT2D eigenvalue weighted by Crippen LogP contribution is -2.12. The molecular weight excluding hydrogens is 655 g/mol. The van der Waals surface area contributed by atoms with Crippen molar-refractivity contribution in [3.63, 3.8) is 0 Å². The Morgan fingerprint density at radius 3 is 1.73 bits per heavy atom. The zero-order valence-corrected chi connectivity index (χ0v) is 29.3. The third-order valence-electron chi connectivity index (χ3n) is 9.87. The first kappa shape index (κ1) is 29.9. The van der Waals surface area contributed by atoms with Gasteiger partial charge in [0.15, 0.2) is 0 Å². The lowest BCUT2D eigenvalue weighted by Gasteiger charge is -2.30. The van der Waals surface area contributed by atoms with E-state index in [1.807, 2.05) is 22.7 Å². The van der Waals surface area contributed by atoms with Crippen LogP contribution in [0.5, 0.6) is 0 Å². The Labute approximate surface area is 304 Å². The summed E-state index contributed by atoms with van der Waals surface area (Å²) < 4.78 is 5.21. The summed E-state index contributed by atoms with van der Waals surface area (Å²) in [6.45, 7) is 0. The molecule has 0 fully saturated rings. The van der Waals surface area contributed by atoms with Gasteiger partial charge in [0.1, 0.15) is 0 Å². The van der Waals surface area contributed by atoms with Crippen molar-refractivity contribution >= 4 is 80.1 Å². The molecule has 2 heterocycles. The maximum absolute atomic E-state index is 2.49. The highest BCUT2D eigenvalue weighted by Crippen LogP contribution is 2.50. The molecule has 0 spiro atoms. The van der Waals surface area contributed by atoms with E-state index in [9.17, 15) is 0 Å². The molecule has 10 rings (SSSR count). The second-order valence-corrected chi connectivity index (χ2v) is 15.0. The monoisotopic (exact) mass is 685 g/mol. The molecule has 8 aromatic carbocycles. The molecule has 1 nitrogen and oxygen atoms in total. The maximum atomic E-state index is 2.49. The smallest absolute Gasteiger partial charge is 0.0640 e. The van der Waals surface area contributed by atoms with E-state index >= 15 is 0 Å². The number of anilines is 3. The molecule has 0 atom stereocenters. The first-order chi connectivity index (χ1) is 25.3. The van der Waals surface area contributed by atoms with Gasteiger partial charge < -0.3 is 4.90 Å². The van der Waals surface area contributed by atoms with Crippen LogP contribution in [-0.4, -0.2) is 0 Å². The molecule has 0 saturated carbocycles. The fraction of sp³-hybridized carbons (Fsp3) is 0. The molecule has 0 saturated heterocycles. The second-order valence-electron chi connectivity index (χ2n) is 12.9. The minimum Gasteiger partial charge on any atom is -0.308 e. The van der Waals surface area contributed by atoms with E-state index in [1.54, 1.807) is 0 Å². The van der Waals surface area contributed by atoms with Crippen molar-refractivity contribution in [2.75, 3.05) is 4.90 Å². The molecule has 0 aliphatic rings. The van der Waals surface area contributed by atoms with Crippen LogP contribution < -0.4 is 4.90 Å². The standard InChI is InChI=1S/C48H31NS2/c1-3-14-32(15-4-1)34-18-11-19-36(30-34)49(43-25-13-23-40-38-20-7-10-27-45(38)51-48(40)43)42-24-12-22-37(47(42)33-16-5-2-6-17-33)35-28-29-46-41(31-35)39-21-8-9-26-44(39)50-46/h1-31H. The van der Waals surface area contributed by atoms with Crippen LogP contribution in [0.15, 0.2) is 188 Å². The zero-order chi connectivity index (χ0) is 33.7. The predicted octanol–water partition coefficient (Wildman–Crippen LogP) is 14.9. The number of rotatable bonds is 6. The maximum Gasteiger partial charge on any atom is 0.0640 e. The van der Waals surface area contributed by atoms with Crippen LogP contribution in [-0.2, 0) is 0 Å². The van der Waals surface area contributed by atoms with Gasteiger partial charge in [-0.25, -0.2) is 0 Å². The van der Waals surface area contributed by atoms with Gasteiger partial charge in [0.05, 0.1) is 16.1 Å². The van der Waals surface area contributed by atoms with Crippen molar-refractivity contribution < 1.29 is 0 Å². The molecule has 0 unspecified atom stereocenters. The minimum atomic E-state index is 1.12. The van der Waals surface area contributed by atoms with E-state index in [-0.39, 0.29) is 0 Å². The van der Waals surface area contributed by atoms with Crippen LogP contribution in [0.2, 0.25) is 0 Å². The van der Waals surface area contributed by atoms with Gasteiger partial charge in [0.2, 0.25) is 0 Å². The Morgan fingerprint density at radius 2 is 0.922 bits per heavy atom. The number of nitrogens with zero attached hydrogens (tertiary/aromatic N) is 1. The highest BCUT2D eigenvalue weighted by molar-refractivity contribution is 7.26. The molecule has 0 N–H and O–H groups in total. The minimum absolute atomic E-state index is 1.12.